The van der Waals surface area contributed by atoms with Crippen molar-refractivity contribution in [3.8, 4) is 5.75 Å². The molecule has 0 heterocycles. The van der Waals surface area contributed by atoms with Crippen molar-refractivity contribution in [3.05, 3.63) is 92.4 Å². The monoisotopic (exact) mass is 629 g/mol. The molecule has 5 nitrogen and oxygen atoms in total. The summed E-state index contributed by atoms with van der Waals surface area (Å²) in [5, 5.41) is 6.15. The molecule has 0 bridgehead atoms. The molecule has 10 heteroatoms. The number of carbonyl (C=O) groups excluding carboxylic acids is 1. The second kappa shape index (κ2) is 17.0. The standard InChI is InChI=1S/C24H20BrCl2F2N3O2.2C2H6/c1-13(31-16-5-3-15(25)4-6-16)18-10-17(7-9-20(18)34-12-21(28)29)32-24(33)22-19(26)8-2-14(11-30)23(22)27;2*1-2/h2-10,21,31H,1,11-12,30H2,(H,32,33);2*1-2H3. The Morgan fingerprint density at radius 3 is 2.18 bits per heavy atom. The Hall–Kier alpha value is -2.65. The summed E-state index contributed by atoms with van der Waals surface area (Å²) in [4.78, 5) is 12.9. The van der Waals surface area contributed by atoms with E-state index in [-0.39, 0.29) is 27.9 Å². The van der Waals surface area contributed by atoms with E-state index in [0.29, 0.717) is 22.5 Å². The van der Waals surface area contributed by atoms with Crippen molar-refractivity contribution in [1.29, 1.82) is 0 Å². The molecule has 0 spiro atoms. The van der Waals surface area contributed by atoms with Crippen LogP contribution in [-0.4, -0.2) is 18.9 Å². The molecule has 1 amide bonds. The van der Waals surface area contributed by atoms with Crippen molar-refractivity contribution >= 4 is 62.1 Å². The number of benzene rings is 3. The summed E-state index contributed by atoms with van der Waals surface area (Å²) in [5.41, 5.74) is 8.16. The highest BCUT2D eigenvalue weighted by atomic mass is 79.9. The Bertz CT molecular complexity index is 1210. The second-order valence-corrected chi connectivity index (χ2v) is 8.78. The third-order valence-electron chi connectivity index (χ3n) is 4.68. The number of nitrogens with two attached hydrogens (primary N) is 1. The van der Waals surface area contributed by atoms with Crippen molar-refractivity contribution in [2.75, 3.05) is 17.2 Å². The minimum absolute atomic E-state index is 0.0812. The number of nitrogens with one attached hydrogen (secondary N) is 2. The first-order valence-electron chi connectivity index (χ1n) is 11.9. The van der Waals surface area contributed by atoms with Crippen LogP contribution in [0.2, 0.25) is 10.0 Å². The predicted octanol–water partition coefficient (Wildman–Crippen LogP) is 9.25. The van der Waals surface area contributed by atoms with Gasteiger partial charge in [0.05, 0.1) is 15.6 Å². The lowest BCUT2D eigenvalue weighted by Crippen LogP contribution is -2.15. The number of hydrogen-bond donors (Lipinski definition) is 3. The molecule has 3 aromatic carbocycles. The van der Waals surface area contributed by atoms with Gasteiger partial charge in [-0.05, 0) is 54.1 Å². The average molecular weight is 631 g/mol. The lowest BCUT2D eigenvalue weighted by atomic mass is 10.1. The van der Waals surface area contributed by atoms with E-state index in [1.165, 1.54) is 12.1 Å². The minimum atomic E-state index is -2.65. The van der Waals surface area contributed by atoms with Gasteiger partial charge in [-0.2, -0.15) is 0 Å². The number of rotatable bonds is 9. The summed E-state index contributed by atoms with van der Waals surface area (Å²) in [7, 11) is 0. The predicted molar refractivity (Wildman–Crippen MR) is 160 cm³/mol. The number of amides is 1. The minimum Gasteiger partial charge on any atom is -0.487 e. The van der Waals surface area contributed by atoms with E-state index in [9.17, 15) is 13.6 Å². The Balaban J connectivity index is 0.00000172. The lowest BCUT2D eigenvalue weighted by molar-refractivity contribution is 0.0818. The van der Waals surface area contributed by atoms with Crippen molar-refractivity contribution in [2.45, 2.75) is 40.7 Å². The van der Waals surface area contributed by atoms with Crippen molar-refractivity contribution < 1.29 is 18.3 Å². The second-order valence-electron chi connectivity index (χ2n) is 7.08. The summed E-state index contributed by atoms with van der Waals surface area (Å²) in [6.07, 6.45) is -2.65. The smallest absolute Gasteiger partial charge is 0.272 e. The van der Waals surface area contributed by atoms with Gasteiger partial charge in [-0.3, -0.25) is 4.79 Å². The molecule has 3 aromatic rings. The maximum atomic E-state index is 12.9. The van der Waals surface area contributed by atoms with E-state index in [2.05, 4.69) is 33.1 Å². The van der Waals surface area contributed by atoms with Crippen LogP contribution in [0.4, 0.5) is 20.2 Å². The SMILES string of the molecule is C=C(Nc1ccc(Br)cc1)c1cc(NC(=O)c2c(Cl)ccc(CN)c2Cl)ccc1OCC(F)F.CC.CC. The highest BCUT2D eigenvalue weighted by Crippen LogP contribution is 2.32. The zero-order chi connectivity index (χ0) is 28.8. The molecule has 38 heavy (non-hydrogen) atoms. The van der Waals surface area contributed by atoms with Crippen LogP contribution in [0.15, 0.2) is 65.6 Å². The maximum Gasteiger partial charge on any atom is 0.272 e. The van der Waals surface area contributed by atoms with Crippen LogP contribution in [0.1, 0.15) is 49.2 Å². The Labute approximate surface area is 241 Å². The van der Waals surface area contributed by atoms with Gasteiger partial charge >= 0.3 is 0 Å². The zero-order valence-corrected chi connectivity index (χ0v) is 24.8. The first kappa shape index (κ1) is 33.4. The number of hydrogen-bond acceptors (Lipinski definition) is 4. The molecule has 0 saturated carbocycles. The van der Waals surface area contributed by atoms with E-state index < -0.39 is 18.9 Å². The van der Waals surface area contributed by atoms with Gasteiger partial charge in [0, 0.05) is 33.7 Å². The van der Waals surface area contributed by atoms with E-state index in [1.807, 2.05) is 52.0 Å². The zero-order valence-electron chi connectivity index (χ0n) is 21.7. The summed E-state index contributed by atoms with van der Waals surface area (Å²) in [6, 6.07) is 15.0. The largest absolute Gasteiger partial charge is 0.487 e. The molecule has 0 aliphatic heterocycles. The maximum absolute atomic E-state index is 12.9. The molecule has 0 aromatic heterocycles. The molecule has 0 atom stereocenters. The molecule has 0 fully saturated rings. The molecule has 3 rings (SSSR count). The van der Waals surface area contributed by atoms with Crippen molar-refractivity contribution in [1.82, 2.24) is 0 Å². The van der Waals surface area contributed by atoms with Crippen LogP contribution >= 0.6 is 39.1 Å². The van der Waals surface area contributed by atoms with E-state index >= 15 is 0 Å². The fourth-order valence-corrected chi connectivity index (χ4v) is 3.94. The molecule has 4 N–H and O–H groups in total. The third kappa shape index (κ3) is 9.58. The molecular formula is C28H32BrCl2F2N3O2. The number of alkyl halides is 2. The molecule has 0 radical (unpaired) electrons. The van der Waals surface area contributed by atoms with E-state index in [4.69, 9.17) is 33.7 Å². The summed E-state index contributed by atoms with van der Waals surface area (Å²) < 4.78 is 31.7. The number of anilines is 2. The topological polar surface area (TPSA) is 76.4 Å². The first-order chi connectivity index (χ1) is 18.2. The highest BCUT2D eigenvalue weighted by molar-refractivity contribution is 9.10. The van der Waals surface area contributed by atoms with Gasteiger partial charge < -0.3 is 21.1 Å². The molecule has 0 unspecified atom stereocenters. The Morgan fingerprint density at radius 2 is 1.61 bits per heavy atom. The summed E-state index contributed by atoms with van der Waals surface area (Å²) in [5.74, 6) is -0.377. The van der Waals surface area contributed by atoms with Crippen molar-refractivity contribution in [2.24, 2.45) is 5.73 Å². The van der Waals surface area contributed by atoms with Crippen molar-refractivity contribution in [3.63, 3.8) is 0 Å². The van der Waals surface area contributed by atoms with E-state index in [0.717, 1.165) is 10.2 Å². The normalized spacial score (nSPS) is 9.97. The van der Waals surface area contributed by atoms with Crippen LogP contribution in [0.3, 0.4) is 0 Å². The highest BCUT2D eigenvalue weighted by Gasteiger charge is 2.19. The van der Waals surface area contributed by atoms with Crippen LogP contribution in [0.25, 0.3) is 5.70 Å². The van der Waals surface area contributed by atoms with Gasteiger partial charge in [-0.25, -0.2) is 8.78 Å². The van der Waals surface area contributed by atoms with Crippen LogP contribution in [0, 0.1) is 0 Å². The average Bonchev–Trinajstić information content (AvgIpc) is 2.91. The van der Waals surface area contributed by atoms with Gasteiger partial charge in [-0.1, -0.05) is 79.5 Å². The first-order valence-corrected chi connectivity index (χ1v) is 13.5. The lowest BCUT2D eigenvalue weighted by Gasteiger charge is -2.17. The van der Waals surface area contributed by atoms with Gasteiger partial charge in [0.2, 0.25) is 0 Å². The summed E-state index contributed by atoms with van der Waals surface area (Å²) >= 11 is 15.9. The van der Waals surface area contributed by atoms with Gasteiger partial charge in [-0.15, -0.1) is 0 Å². The fraction of sp³-hybridized carbons (Fsp3) is 0.250. The third-order valence-corrected chi connectivity index (χ3v) is 5.96. The summed E-state index contributed by atoms with van der Waals surface area (Å²) in [6.45, 7) is 11.3. The quantitative estimate of drug-likeness (QED) is 0.220. The van der Waals surface area contributed by atoms with Crippen LogP contribution < -0.4 is 21.1 Å². The molecular weight excluding hydrogens is 599 g/mol. The van der Waals surface area contributed by atoms with Gasteiger partial charge in [0.1, 0.15) is 12.4 Å². The fourth-order valence-electron chi connectivity index (χ4n) is 3.05. The van der Waals surface area contributed by atoms with Gasteiger partial charge in [0.15, 0.2) is 0 Å². The van der Waals surface area contributed by atoms with Crippen LogP contribution in [0.5, 0.6) is 5.75 Å². The number of carbonyl (C=O) groups is 1. The molecule has 0 aliphatic rings. The van der Waals surface area contributed by atoms with E-state index in [1.54, 1.807) is 18.2 Å². The Kier molecular flexibility index (Phi) is 15.0. The number of halogens is 5. The van der Waals surface area contributed by atoms with Gasteiger partial charge in [0.25, 0.3) is 12.3 Å². The molecule has 0 saturated heterocycles. The number of ether oxygens (including phenoxy) is 1. The molecule has 206 valence electrons. The molecule has 0 aliphatic carbocycles. The van der Waals surface area contributed by atoms with Crippen LogP contribution in [-0.2, 0) is 6.54 Å². The Morgan fingerprint density at radius 1 is 1.00 bits per heavy atom.